The van der Waals surface area contributed by atoms with Crippen LogP contribution in [0.25, 0.3) is 0 Å². The summed E-state index contributed by atoms with van der Waals surface area (Å²) in [7, 11) is 3.94. The van der Waals surface area contributed by atoms with Crippen molar-refractivity contribution in [2.75, 3.05) is 25.6 Å². The zero-order chi connectivity index (χ0) is 19.6. The van der Waals surface area contributed by atoms with Crippen molar-refractivity contribution in [2.24, 2.45) is 0 Å². The van der Waals surface area contributed by atoms with E-state index in [4.69, 9.17) is 9.47 Å². The van der Waals surface area contributed by atoms with Crippen molar-refractivity contribution in [1.82, 2.24) is 5.32 Å². The molecular formula is C21H26N2O4. The van der Waals surface area contributed by atoms with Crippen LogP contribution in [0.1, 0.15) is 18.9 Å². The molecule has 0 aromatic heterocycles. The van der Waals surface area contributed by atoms with Gasteiger partial charge in [-0.3, -0.25) is 4.79 Å². The Morgan fingerprint density at radius 2 is 1.70 bits per heavy atom. The van der Waals surface area contributed by atoms with Gasteiger partial charge in [0.05, 0.1) is 0 Å². The second kappa shape index (κ2) is 10.2. The van der Waals surface area contributed by atoms with Gasteiger partial charge < -0.3 is 19.7 Å². The highest BCUT2D eigenvalue weighted by molar-refractivity contribution is 5.82. The van der Waals surface area contributed by atoms with Crippen LogP contribution in [0.4, 0.5) is 5.69 Å². The Balaban J connectivity index is 1.75. The van der Waals surface area contributed by atoms with Crippen molar-refractivity contribution in [3.8, 4) is 5.75 Å². The molecule has 1 atom stereocenters. The van der Waals surface area contributed by atoms with Gasteiger partial charge in [0.25, 0.3) is 5.91 Å². The number of benzene rings is 2. The number of anilines is 1. The van der Waals surface area contributed by atoms with Crippen molar-refractivity contribution in [3.63, 3.8) is 0 Å². The SMILES string of the molecule is CC[C@H](Oc1ccccc1)C(=O)OCC(=O)NCc1ccc(N(C)C)cc1. The molecule has 144 valence electrons. The number of ether oxygens (including phenoxy) is 2. The zero-order valence-electron chi connectivity index (χ0n) is 16.0. The van der Waals surface area contributed by atoms with E-state index in [0.717, 1.165) is 11.3 Å². The van der Waals surface area contributed by atoms with Crippen molar-refractivity contribution in [1.29, 1.82) is 0 Å². The zero-order valence-corrected chi connectivity index (χ0v) is 16.0. The van der Waals surface area contributed by atoms with Crippen LogP contribution < -0.4 is 15.0 Å². The van der Waals surface area contributed by atoms with Crippen LogP contribution in [-0.4, -0.2) is 38.7 Å². The first kappa shape index (κ1) is 20.3. The molecule has 0 aliphatic carbocycles. The number of nitrogens with one attached hydrogen (secondary N) is 1. The van der Waals surface area contributed by atoms with Gasteiger partial charge >= 0.3 is 5.97 Å². The molecule has 2 aromatic rings. The number of rotatable bonds is 9. The normalized spacial score (nSPS) is 11.4. The lowest BCUT2D eigenvalue weighted by molar-refractivity contribution is -0.155. The summed E-state index contributed by atoms with van der Waals surface area (Å²) in [5.41, 5.74) is 2.06. The number of para-hydroxylation sites is 1. The molecule has 0 heterocycles. The predicted octanol–water partition coefficient (Wildman–Crippen LogP) is 2.77. The molecule has 0 aliphatic rings. The van der Waals surface area contributed by atoms with Crippen LogP contribution in [0.3, 0.4) is 0 Å². The fourth-order valence-electron chi connectivity index (χ4n) is 2.35. The maximum atomic E-state index is 12.1. The first-order chi connectivity index (χ1) is 13.0. The molecule has 0 spiro atoms. The molecule has 0 unspecified atom stereocenters. The Morgan fingerprint density at radius 1 is 1.04 bits per heavy atom. The van der Waals surface area contributed by atoms with Gasteiger partial charge in [0, 0.05) is 26.3 Å². The summed E-state index contributed by atoms with van der Waals surface area (Å²) in [6.45, 7) is 1.87. The quantitative estimate of drug-likeness (QED) is 0.688. The third kappa shape index (κ3) is 6.66. The Morgan fingerprint density at radius 3 is 2.30 bits per heavy atom. The van der Waals surface area contributed by atoms with Gasteiger partial charge in [-0.05, 0) is 36.2 Å². The van der Waals surface area contributed by atoms with E-state index in [1.807, 2.05) is 68.4 Å². The number of nitrogens with zero attached hydrogens (tertiary/aromatic N) is 1. The highest BCUT2D eigenvalue weighted by Crippen LogP contribution is 2.14. The Kier molecular flexibility index (Phi) is 7.67. The maximum Gasteiger partial charge on any atom is 0.347 e. The number of hydrogen-bond donors (Lipinski definition) is 1. The molecule has 2 aromatic carbocycles. The molecule has 0 fully saturated rings. The highest BCUT2D eigenvalue weighted by Gasteiger charge is 2.21. The molecule has 2 rings (SSSR count). The van der Waals surface area contributed by atoms with Crippen molar-refractivity contribution >= 4 is 17.6 Å². The average Bonchev–Trinajstić information content (AvgIpc) is 2.69. The predicted molar refractivity (Wildman–Crippen MR) is 105 cm³/mol. The first-order valence-electron chi connectivity index (χ1n) is 8.91. The second-order valence-corrected chi connectivity index (χ2v) is 6.27. The van der Waals surface area contributed by atoms with Gasteiger partial charge in [-0.1, -0.05) is 37.3 Å². The Hall–Kier alpha value is -3.02. The van der Waals surface area contributed by atoms with Crippen LogP contribution in [0, 0.1) is 0 Å². The van der Waals surface area contributed by atoms with E-state index in [9.17, 15) is 9.59 Å². The summed E-state index contributed by atoms with van der Waals surface area (Å²) in [5.74, 6) is -0.312. The van der Waals surface area contributed by atoms with Gasteiger partial charge in [0.15, 0.2) is 12.7 Å². The van der Waals surface area contributed by atoms with E-state index in [-0.39, 0.29) is 12.5 Å². The van der Waals surface area contributed by atoms with Crippen LogP contribution in [0.5, 0.6) is 5.75 Å². The van der Waals surface area contributed by atoms with Gasteiger partial charge in [-0.15, -0.1) is 0 Å². The highest BCUT2D eigenvalue weighted by atomic mass is 16.6. The number of carbonyl (C=O) groups excluding carboxylic acids is 2. The molecule has 1 amide bonds. The van der Waals surface area contributed by atoms with Crippen LogP contribution >= 0.6 is 0 Å². The molecule has 0 bridgehead atoms. The molecule has 6 heteroatoms. The standard InChI is InChI=1S/C21H26N2O4/c1-4-19(27-18-8-6-5-7-9-18)21(25)26-15-20(24)22-14-16-10-12-17(13-11-16)23(2)3/h5-13,19H,4,14-15H2,1-3H3,(H,22,24)/t19-/m0/s1. The lowest BCUT2D eigenvalue weighted by Gasteiger charge is -2.16. The topological polar surface area (TPSA) is 67.9 Å². The van der Waals surface area contributed by atoms with Crippen molar-refractivity contribution in [3.05, 3.63) is 60.2 Å². The molecular weight excluding hydrogens is 344 g/mol. The molecule has 27 heavy (non-hydrogen) atoms. The van der Waals surface area contributed by atoms with E-state index < -0.39 is 12.1 Å². The summed E-state index contributed by atoms with van der Waals surface area (Å²) in [6.07, 6.45) is -0.285. The van der Waals surface area contributed by atoms with E-state index in [1.165, 1.54) is 0 Å². The van der Waals surface area contributed by atoms with Gasteiger partial charge in [-0.2, -0.15) is 0 Å². The molecule has 1 N–H and O–H groups in total. The van der Waals surface area contributed by atoms with Crippen molar-refractivity contribution in [2.45, 2.75) is 26.0 Å². The van der Waals surface area contributed by atoms with Gasteiger partial charge in [0.2, 0.25) is 0 Å². The number of hydrogen-bond acceptors (Lipinski definition) is 5. The third-order valence-electron chi connectivity index (χ3n) is 3.94. The van der Waals surface area contributed by atoms with E-state index in [2.05, 4.69) is 5.32 Å². The molecule has 6 nitrogen and oxygen atoms in total. The molecule has 0 saturated heterocycles. The van der Waals surface area contributed by atoms with E-state index in [0.29, 0.717) is 18.7 Å². The van der Waals surface area contributed by atoms with Crippen LogP contribution in [0.2, 0.25) is 0 Å². The fourth-order valence-corrected chi connectivity index (χ4v) is 2.35. The summed E-state index contributed by atoms with van der Waals surface area (Å²) in [4.78, 5) is 26.1. The monoisotopic (exact) mass is 370 g/mol. The minimum absolute atomic E-state index is 0.330. The van der Waals surface area contributed by atoms with Crippen molar-refractivity contribution < 1.29 is 19.1 Å². The Labute approximate surface area is 160 Å². The van der Waals surface area contributed by atoms with Crippen LogP contribution in [-0.2, 0) is 20.9 Å². The first-order valence-corrected chi connectivity index (χ1v) is 8.91. The number of esters is 1. The fraction of sp³-hybridized carbons (Fsp3) is 0.333. The minimum atomic E-state index is -0.737. The molecule has 0 aliphatic heterocycles. The lowest BCUT2D eigenvalue weighted by atomic mass is 10.2. The lowest BCUT2D eigenvalue weighted by Crippen LogP contribution is -2.33. The number of carbonyl (C=O) groups is 2. The summed E-state index contributed by atoms with van der Waals surface area (Å²) < 4.78 is 10.7. The second-order valence-electron chi connectivity index (χ2n) is 6.27. The smallest absolute Gasteiger partial charge is 0.347 e. The van der Waals surface area contributed by atoms with Gasteiger partial charge in [0.1, 0.15) is 5.75 Å². The maximum absolute atomic E-state index is 12.1. The molecule has 0 saturated carbocycles. The third-order valence-corrected chi connectivity index (χ3v) is 3.94. The Bertz CT molecular complexity index is 730. The van der Waals surface area contributed by atoms with E-state index in [1.54, 1.807) is 12.1 Å². The van der Waals surface area contributed by atoms with Gasteiger partial charge in [-0.25, -0.2) is 4.79 Å². The summed E-state index contributed by atoms with van der Waals surface area (Å²) >= 11 is 0. The molecule has 0 radical (unpaired) electrons. The largest absolute Gasteiger partial charge is 0.479 e. The average molecular weight is 370 g/mol. The number of amides is 1. The summed E-state index contributed by atoms with van der Waals surface area (Å²) in [5, 5.41) is 2.74. The summed E-state index contributed by atoms with van der Waals surface area (Å²) in [6, 6.07) is 16.9. The van der Waals surface area contributed by atoms with Crippen LogP contribution in [0.15, 0.2) is 54.6 Å². The van der Waals surface area contributed by atoms with E-state index >= 15 is 0 Å². The minimum Gasteiger partial charge on any atom is -0.479 e.